The molecule has 1 atom stereocenters. The van der Waals surface area contributed by atoms with Gasteiger partial charge in [0.1, 0.15) is 5.75 Å². The van der Waals surface area contributed by atoms with Crippen molar-refractivity contribution in [2.45, 2.75) is 18.9 Å². The standard InChI is InChI=1S/C15H17N3O2S.ClH/c1-2-13-10(3-5-19-13)7-11(1)15-17-14(20-18-15)8-12-9-21-6-4-16-12;/h1-2,7,12,16H,3-6,8-9H2;1H. The SMILES string of the molecule is Cl.c1cc2c(cc1-c1noc(CC3CSCCN3)n1)CCO2. The first kappa shape index (κ1) is 15.6. The molecule has 1 aromatic heterocycles. The Morgan fingerprint density at radius 3 is 3.18 bits per heavy atom. The van der Waals surface area contributed by atoms with E-state index < -0.39 is 0 Å². The number of thioether (sulfide) groups is 1. The number of fused-ring (bicyclic) bond motifs is 1. The molecule has 1 saturated heterocycles. The quantitative estimate of drug-likeness (QED) is 0.926. The third kappa shape index (κ3) is 3.24. The van der Waals surface area contributed by atoms with Crippen LogP contribution < -0.4 is 10.1 Å². The summed E-state index contributed by atoms with van der Waals surface area (Å²) in [4.78, 5) is 4.53. The maximum absolute atomic E-state index is 5.52. The fraction of sp³-hybridized carbons (Fsp3) is 0.467. The number of nitrogens with zero attached hydrogens (tertiary/aromatic N) is 2. The second-order valence-electron chi connectivity index (χ2n) is 5.36. The molecule has 1 fully saturated rings. The number of ether oxygens (including phenoxy) is 1. The lowest BCUT2D eigenvalue weighted by atomic mass is 10.1. The van der Waals surface area contributed by atoms with Crippen molar-refractivity contribution in [1.82, 2.24) is 15.5 Å². The van der Waals surface area contributed by atoms with Crippen LogP contribution in [0, 0.1) is 0 Å². The molecule has 2 aliphatic rings. The monoisotopic (exact) mass is 339 g/mol. The van der Waals surface area contributed by atoms with Crippen LogP contribution in [0.2, 0.25) is 0 Å². The van der Waals surface area contributed by atoms with Crippen LogP contribution in [0.25, 0.3) is 11.4 Å². The summed E-state index contributed by atoms with van der Waals surface area (Å²) >= 11 is 1.97. The number of hydrogen-bond donors (Lipinski definition) is 1. The normalized spacial score (nSPS) is 20.1. The van der Waals surface area contributed by atoms with E-state index in [0.717, 1.165) is 43.1 Å². The van der Waals surface area contributed by atoms with Crippen LogP contribution in [0.3, 0.4) is 0 Å². The van der Waals surface area contributed by atoms with Gasteiger partial charge in [0.15, 0.2) is 0 Å². The third-order valence-corrected chi connectivity index (χ3v) is 4.97. The zero-order valence-corrected chi connectivity index (χ0v) is 13.7. The average molecular weight is 340 g/mol. The van der Waals surface area contributed by atoms with E-state index in [1.165, 1.54) is 11.3 Å². The van der Waals surface area contributed by atoms with Crippen molar-refractivity contribution in [2.75, 3.05) is 24.7 Å². The van der Waals surface area contributed by atoms with E-state index in [-0.39, 0.29) is 12.4 Å². The van der Waals surface area contributed by atoms with Crippen molar-refractivity contribution in [1.29, 1.82) is 0 Å². The second-order valence-corrected chi connectivity index (χ2v) is 6.51. The average Bonchev–Trinajstić information content (AvgIpc) is 3.16. The van der Waals surface area contributed by atoms with E-state index in [2.05, 4.69) is 21.5 Å². The Morgan fingerprint density at radius 2 is 2.32 bits per heavy atom. The predicted molar refractivity (Wildman–Crippen MR) is 89.0 cm³/mol. The first-order valence-electron chi connectivity index (χ1n) is 7.28. The molecule has 7 heteroatoms. The molecule has 0 spiro atoms. The summed E-state index contributed by atoms with van der Waals surface area (Å²) in [7, 11) is 0. The highest BCUT2D eigenvalue weighted by Crippen LogP contribution is 2.29. The van der Waals surface area contributed by atoms with Crippen molar-refractivity contribution in [3.8, 4) is 17.1 Å². The topological polar surface area (TPSA) is 60.2 Å². The van der Waals surface area contributed by atoms with Gasteiger partial charge in [-0.1, -0.05) is 5.16 Å². The summed E-state index contributed by atoms with van der Waals surface area (Å²) < 4.78 is 10.9. The fourth-order valence-corrected chi connectivity index (χ4v) is 3.69. The van der Waals surface area contributed by atoms with Gasteiger partial charge in [0.25, 0.3) is 0 Å². The van der Waals surface area contributed by atoms with Crippen molar-refractivity contribution in [2.24, 2.45) is 0 Å². The van der Waals surface area contributed by atoms with Crippen LogP contribution in [-0.4, -0.2) is 40.8 Å². The lowest BCUT2D eigenvalue weighted by Crippen LogP contribution is -2.38. The molecule has 4 rings (SSSR count). The second kappa shape index (κ2) is 6.89. The third-order valence-electron chi connectivity index (χ3n) is 3.84. The maximum atomic E-state index is 5.52. The summed E-state index contributed by atoms with van der Waals surface area (Å²) in [5.41, 5.74) is 2.23. The van der Waals surface area contributed by atoms with E-state index >= 15 is 0 Å². The fourth-order valence-electron chi connectivity index (χ4n) is 2.74. The number of rotatable bonds is 3. The van der Waals surface area contributed by atoms with Crippen LogP contribution in [0.15, 0.2) is 22.7 Å². The van der Waals surface area contributed by atoms with E-state index in [0.29, 0.717) is 17.8 Å². The summed E-state index contributed by atoms with van der Waals surface area (Å²) in [5.74, 6) is 4.65. The number of aromatic nitrogens is 2. The van der Waals surface area contributed by atoms with Gasteiger partial charge in [0.2, 0.25) is 11.7 Å². The maximum Gasteiger partial charge on any atom is 0.228 e. The lowest BCUT2D eigenvalue weighted by Gasteiger charge is -2.21. The highest BCUT2D eigenvalue weighted by Gasteiger charge is 2.19. The van der Waals surface area contributed by atoms with Crippen LogP contribution >= 0.6 is 24.2 Å². The van der Waals surface area contributed by atoms with Gasteiger partial charge < -0.3 is 14.6 Å². The van der Waals surface area contributed by atoms with Gasteiger partial charge >= 0.3 is 0 Å². The van der Waals surface area contributed by atoms with E-state index in [1.807, 2.05) is 23.9 Å². The number of halogens is 1. The van der Waals surface area contributed by atoms with Crippen molar-refractivity contribution in [3.05, 3.63) is 29.7 Å². The summed E-state index contributed by atoms with van der Waals surface area (Å²) in [6.07, 6.45) is 1.76. The molecule has 0 radical (unpaired) electrons. The van der Waals surface area contributed by atoms with E-state index in [1.54, 1.807) is 0 Å². The molecule has 1 unspecified atom stereocenters. The van der Waals surface area contributed by atoms with Crippen molar-refractivity contribution in [3.63, 3.8) is 0 Å². The van der Waals surface area contributed by atoms with Crippen LogP contribution in [-0.2, 0) is 12.8 Å². The first-order valence-corrected chi connectivity index (χ1v) is 8.44. The van der Waals surface area contributed by atoms with E-state index in [4.69, 9.17) is 9.26 Å². The number of hydrogen-bond acceptors (Lipinski definition) is 6. The highest BCUT2D eigenvalue weighted by atomic mass is 35.5. The number of benzene rings is 1. The minimum Gasteiger partial charge on any atom is -0.493 e. The Kier molecular flexibility index (Phi) is 4.90. The van der Waals surface area contributed by atoms with Crippen molar-refractivity contribution >= 4 is 24.2 Å². The molecule has 3 heterocycles. The Labute approximate surface area is 139 Å². The molecule has 5 nitrogen and oxygen atoms in total. The molecule has 0 bridgehead atoms. The molecule has 118 valence electrons. The minimum absolute atomic E-state index is 0. The van der Waals surface area contributed by atoms with Crippen LogP contribution in [0.5, 0.6) is 5.75 Å². The van der Waals surface area contributed by atoms with Gasteiger partial charge in [-0.3, -0.25) is 0 Å². The summed E-state index contributed by atoms with van der Waals surface area (Å²) in [6, 6.07) is 6.53. The molecular formula is C15H18ClN3O2S. The Hall–Kier alpha value is -1.24. The molecule has 0 amide bonds. The molecule has 22 heavy (non-hydrogen) atoms. The van der Waals surface area contributed by atoms with Gasteiger partial charge in [-0.25, -0.2) is 0 Å². The zero-order valence-electron chi connectivity index (χ0n) is 12.1. The highest BCUT2D eigenvalue weighted by molar-refractivity contribution is 7.99. The Bertz CT molecular complexity index is 643. The van der Waals surface area contributed by atoms with Gasteiger partial charge in [0, 0.05) is 42.5 Å². The molecule has 0 aliphatic carbocycles. The molecule has 2 aliphatic heterocycles. The minimum atomic E-state index is 0. The predicted octanol–water partition coefficient (Wildman–Crippen LogP) is 2.34. The van der Waals surface area contributed by atoms with E-state index in [9.17, 15) is 0 Å². The first-order chi connectivity index (χ1) is 10.4. The van der Waals surface area contributed by atoms with Gasteiger partial charge in [-0.2, -0.15) is 16.7 Å². The van der Waals surface area contributed by atoms with Gasteiger partial charge in [-0.05, 0) is 23.8 Å². The number of nitrogens with one attached hydrogen (secondary N) is 1. The molecule has 1 aromatic carbocycles. The van der Waals surface area contributed by atoms with Crippen LogP contribution in [0.1, 0.15) is 11.5 Å². The summed E-state index contributed by atoms with van der Waals surface area (Å²) in [5, 5.41) is 7.60. The Balaban J connectivity index is 0.00000144. The summed E-state index contributed by atoms with van der Waals surface area (Å²) in [6.45, 7) is 1.82. The molecule has 0 saturated carbocycles. The molecular weight excluding hydrogens is 322 g/mol. The molecule has 1 N–H and O–H groups in total. The largest absolute Gasteiger partial charge is 0.493 e. The zero-order chi connectivity index (χ0) is 14.1. The van der Waals surface area contributed by atoms with Gasteiger partial charge in [0.05, 0.1) is 6.61 Å². The van der Waals surface area contributed by atoms with Gasteiger partial charge in [-0.15, -0.1) is 12.4 Å². The van der Waals surface area contributed by atoms with Crippen molar-refractivity contribution < 1.29 is 9.26 Å². The Morgan fingerprint density at radius 1 is 1.36 bits per heavy atom. The van der Waals surface area contributed by atoms with Crippen LogP contribution in [0.4, 0.5) is 0 Å². The lowest BCUT2D eigenvalue weighted by molar-refractivity contribution is 0.357. The molecule has 2 aromatic rings. The smallest absolute Gasteiger partial charge is 0.228 e.